The number of unbranched alkanes of at least 4 members (excludes halogenated alkanes) is 6. The Hall–Kier alpha value is -0.840. The van der Waals surface area contributed by atoms with Crippen LogP contribution in [-0.4, -0.2) is 0 Å². The first-order valence-corrected chi connectivity index (χ1v) is 7.64. The van der Waals surface area contributed by atoms with Crippen LogP contribution in [-0.2, 0) is 0 Å². The number of benzene rings is 1. The van der Waals surface area contributed by atoms with Gasteiger partial charge in [0, 0.05) is 11.4 Å². The molecule has 0 radical (unpaired) electrons. The third-order valence-corrected chi connectivity index (χ3v) is 3.50. The molecule has 0 aliphatic heterocycles. The molecule has 2 N–H and O–H groups in total. The van der Waals surface area contributed by atoms with Crippen molar-refractivity contribution in [3.63, 3.8) is 0 Å². The maximum atomic E-state index is 5.95. The molecule has 0 amide bonds. The lowest BCUT2D eigenvalue weighted by molar-refractivity contribution is 0.614. The molecule has 0 heterocycles. The Bertz CT molecular complexity index is 458. The summed E-state index contributed by atoms with van der Waals surface area (Å²) in [7, 11) is 0. The van der Waals surface area contributed by atoms with Gasteiger partial charge in [-0.1, -0.05) is 74.1 Å². The fraction of sp³-hybridized carbons (Fsp3) is 0.500. The van der Waals surface area contributed by atoms with Crippen LogP contribution in [0.2, 0.25) is 10.0 Å². The van der Waals surface area contributed by atoms with Crippen molar-refractivity contribution in [3.05, 3.63) is 27.7 Å². The van der Waals surface area contributed by atoms with E-state index in [0.717, 1.165) is 18.4 Å². The summed E-state index contributed by atoms with van der Waals surface area (Å²) in [6, 6.07) is 3.40. The van der Waals surface area contributed by atoms with Crippen LogP contribution in [0.1, 0.15) is 57.4 Å². The fourth-order valence-corrected chi connectivity index (χ4v) is 2.33. The number of anilines is 1. The van der Waals surface area contributed by atoms with Gasteiger partial charge >= 0.3 is 0 Å². The molecule has 0 spiro atoms. The molecule has 1 aromatic rings. The minimum absolute atomic E-state index is 0.469. The zero-order valence-corrected chi connectivity index (χ0v) is 12.9. The van der Waals surface area contributed by atoms with Gasteiger partial charge in [0.15, 0.2) is 0 Å². The van der Waals surface area contributed by atoms with Gasteiger partial charge in [-0.15, -0.1) is 0 Å². The van der Waals surface area contributed by atoms with E-state index in [-0.39, 0.29) is 0 Å². The first-order chi connectivity index (χ1) is 9.15. The van der Waals surface area contributed by atoms with E-state index in [1.54, 1.807) is 12.1 Å². The summed E-state index contributed by atoms with van der Waals surface area (Å²) in [5.74, 6) is 6.19. The van der Waals surface area contributed by atoms with Crippen molar-refractivity contribution >= 4 is 28.9 Å². The Morgan fingerprint density at radius 1 is 1.05 bits per heavy atom. The predicted octanol–water partition coefficient (Wildman–Crippen LogP) is 5.68. The monoisotopic (exact) mass is 297 g/mol. The Balaban J connectivity index is 2.38. The summed E-state index contributed by atoms with van der Waals surface area (Å²) in [5, 5.41) is 1.04. The molecule has 0 aliphatic carbocycles. The van der Waals surface area contributed by atoms with Gasteiger partial charge in [0.05, 0.1) is 16.3 Å². The van der Waals surface area contributed by atoms with Gasteiger partial charge in [0.1, 0.15) is 0 Å². The average molecular weight is 298 g/mol. The van der Waals surface area contributed by atoms with Crippen molar-refractivity contribution in [3.8, 4) is 11.8 Å². The lowest BCUT2D eigenvalue weighted by Crippen LogP contribution is -1.91. The topological polar surface area (TPSA) is 26.0 Å². The molecule has 0 fully saturated rings. The Labute approximate surface area is 126 Å². The molecular weight excluding hydrogens is 277 g/mol. The van der Waals surface area contributed by atoms with E-state index in [4.69, 9.17) is 28.9 Å². The van der Waals surface area contributed by atoms with E-state index >= 15 is 0 Å². The smallest absolute Gasteiger partial charge is 0.0663 e. The Morgan fingerprint density at radius 3 is 2.47 bits per heavy atom. The van der Waals surface area contributed by atoms with Crippen LogP contribution in [0.25, 0.3) is 0 Å². The summed E-state index contributed by atoms with van der Waals surface area (Å²) in [6.45, 7) is 2.23. The number of hydrogen-bond donors (Lipinski definition) is 1. The molecule has 1 rings (SSSR count). The van der Waals surface area contributed by atoms with Gasteiger partial charge in [-0.3, -0.25) is 0 Å². The molecule has 0 unspecified atom stereocenters. The van der Waals surface area contributed by atoms with Crippen LogP contribution >= 0.6 is 23.2 Å². The van der Waals surface area contributed by atoms with Gasteiger partial charge in [-0.25, -0.2) is 0 Å². The molecular formula is C16H21Cl2N. The molecule has 0 aromatic heterocycles. The van der Waals surface area contributed by atoms with Crippen LogP contribution in [0.4, 0.5) is 5.69 Å². The van der Waals surface area contributed by atoms with Gasteiger partial charge in [0.2, 0.25) is 0 Å². The minimum Gasteiger partial charge on any atom is -0.397 e. The number of halogens is 2. The van der Waals surface area contributed by atoms with E-state index in [0.29, 0.717) is 15.7 Å². The lowest BCUT2D eigenvalue weighted by Gasteiger charge is -2.01. The van der Waals surface area contributed by atoms with Gasteiger partial charge in [-0.05, 0) is 18.6 Å². The highest BCUT2D eigenvalue weighted by Crippen LogP contribution is 2.26. The Kier molecular flexibility index (Phi) is 7.79. The van der Waals surface area contributed by atoms with E-state index in [1.807, 2.05) is 0 Å². The van der Waals surface area contributed by atoms with Crippen LogP contribution < -0.4 is 5.73 Å². The van der Waals surface area contributed by atoms with E-state index < -0.39 is 0 Å². The van der Waals surface area contributed by atoms with Gasteiger partial charge in [-0.2, -0.15) is 0 Å². The van der Waals surface area contributed by atoms with Crippen LogP contribution in [0.3, 0.4) is 0 Å². The second-order valence-corrected chi connectivity index (χ2v) is 5.51. The molecule has 104 valence electrons. The van der Waals surface area contributed by atoms with Crippen molar-refractivity contribution in [2.75, 3.05) is 5.73 Å². The zero-order chi connectivity index (χ0) is 14.1. The highest BCUT2D eigenvalue weighted by molar-refractivity contribution is 6.36. The maximum Gasteiger partial charge on any atom is 0.0663 e. The lowest BCUT2D eigenvalue weighted by atomic mass is 10.1. The predicted molar refractivity (Wildman–Crippen MR) is 85.7 cm³/mol. The van der Waals surface area contributed by atoms with Crippen molar-refractivity contribution in [1.29, 1.82) is 0 Å². The van der Waals surface area contributed by atoms with Crippen molar-refractivity contribution in [2.24, 2.45) is 0 Å². The quantitative estimate of drug-likeness (QED) is 0.408. The number of nitrogen functional groups attached to an aromatic ring is 1. The SMILES string of the molecule is CCCCCCCCC#Cc1cc(Cl)cc(Cl)c1N. The van der Waals surface area contributed by atoms with Crippen LogP contribution in [0.15, 0.2) is 12.1 Å². The second-order valence-electron chi connectivity index (χ2n) is 4.67. The van der Waals surface area contributed by atoms with Crippen LogP contribution in [0, 0.1) is 11.8 Å². The third kappa shape index (κ3) is 6.23. The van der Waals surface area contributed by atoms with Crippen molar-refractivity contribution < 1.29 is 0 Å². The Morgan fingerprint density at radius 2 is 1.74 bits per heavy atom. The average Bonchev–Trinajstić information content (AvgIpc) is 2.38. The highest BCUT2D eigenvalue weighted by atomic mass is 35.5. The number of rotatable bonds is 6. The van der Waals surface area contributed by atoms with E-state index in [9.17, 15) is 0 Å². The largest absolute Gasteiger partial charge is 0.397 e. The van der Waals surface area contributed by atoms with Crippen molar-refractivity contribution in [1.82, 2.24) is 0 Å². The first-order valence-electron chi connectivity index (χ1n) is 6.88. The zero-order valence-electron chi connectivity index (χ0n) is 11.4. The molecule has 0 saturated carbocycles. The molecule has 3 heteroatoms. The maximum absolute atomic E-state index is 5.95. The second kappa shape index (κ2) is 9.13. The molecule has 19 heavy (non-hydrogen) atoms. The molecule has 1 nitrogen and oxygen atoms in total. The molecule has 0 bridgehead atoms. The number of nitrogens with two attached hydrogens (primary N) is 1. The van der Waals surface area contributed by atoms with E-state index in [2.05, 4.69) is 18.8 Å². The normalized spacial score (nSPS) is 10.1. The fourth-order valence-electron chi connectivity index (χ4n) is 1.84. The summed E-state index contributed by atoms with van der Waals surface area (Å²) >= 11 is 11.9. The standard InChI is InChI=1S/C16H21Cl2N/c1-2-3-4-5-6-7-8-9-10-13-11-14(17)12-15(18)16(13)19/h11-12H,2-8,19H2,1H3. The van der Waals surface area contributed by atoms with Crippen LogP contribution in [0.5, 0.6) is 0 Å². The van der Waals surface area contributed by atoms with Gasteiger partial charge in [0.25, 0.3) is 0 Å². The molecule has 0 atom stereocenters. The molecule has 1 aromatic carbocycles. The molecule has 0 saturated heterocycles. The number of hydrogen-bond acceptors (Lipinski definition) is 1. The van der Waals surface area contributed by atoms with Gasteiger partial charge < -0.3 is 5.73 Å². The first kappa shape index (κ1) is 16.2. The minimum atomic E-state index is 0.469. The van der Waals surface area contributed by atoms with E-state index in [1.165, 1.54) is 32.1 Å². The van der Waals surface area contributed by atoms with Crippen molar-refractivity contribution in [2.45, 2.75) is 51.9 Å². The summed E-state index contributed by atoms with van der Waals surface area (Å²) < 4.78 is 0. The highest BCUT2D eigenvalue weighted by Gasteiger charge is 2.03. The summed E-state index contributed by atoms with van der Waals surface area (Å²) in [6.07, 6.45) is 8.56. The molecule has 0 aliphatic rings. The third-order valence-electron chi connectivity index (χ3n) is 2.97. The summed E-state index contributed by atoms with van der Waals surface area (Å²) in [5.41, 5.74) is 7.09. The summed E-state index contributed by atoms with van der Waals surface area (Å²) in [4.78, 5) is 0.